The maximum absolute atomic E-state index is 11.5. The number of hydrogen-bond acceptors (Lipinski definition) is 5. The predicted molar refractivity (Wildman–Crippen MR) is 80.6 cm³/mol. The molecule has 0 aromatic carbocycles. The lowest BCUT2D eigenvalue weighted by Gasteiger charge is -2.16. The van der Waals surface area contributed by atoms with Gasteiger partial charge >= 0.3 is 0 Å². The van der Waals surface area contributed by atoms with Crippen LogP contribution in [0.4, 0.5) is 0 Å². The van der Waals surface area contributed by atoms with Gasteiger partial charge in [-0.2, -0.15) is 0 Å². The molecule has 2 rings (SSSR count). The molecule has 0 radical (unpaired) electrons. The van der Waals surface area contributed by atoms with Crippen molar-refractivity contribution < 1.29 is 9.53 Å². The quantitative estimate of drug-likeness (QED) is 0.330. The number of ether oxygens (including phenoxy) is 1. The number of aryl methyl sites for hydroxylation is 1. The number of nitrogens with two attached hydrogens (primary N) is 1. The molecule has 1 fully saturated rings. The minimum atomic E-state index is -0.222. The van der Waals surface area contributed by atoms with Gasteiger partial charge < -0.3 is 4.74 Å². The van der Waals surface area contributed by atoms with E-state index in [1.807, 2.05) is 13.0 Å². The van der Waals surface area contributed by atoms with Gasteiger partial charge in [0, 0.05) is 24.6 Å². The van der Waals surface area contributed by atoms with Gasteiger partial charge in [0.25, 0.3) is 5.91 Å². The highest BCUT2D eigenvalue weighted by atomic mass is 32.1. The van der Waals surface area contributed by atoms with E-state index in [9.17, 15) is 4.79 Å². The van der Waals surface area contributed by atoms with Gasteiger partial charge in [-0.3, -0.25) is 15.1 Å². The van der Waals surface area contributed by atoms with Crippen LogP contribution in [0.1, 0.15) is 33.0 Å². The number of amides is 1. The number of nitrogens with one attached hydrogen (secondary N) is 1. The molecule has 1 aromatic rings. The molecule has 1 heterocycles. The maximum Gasteiger partial charge on any atom is 0.275 e. The van der Waals surface area contributed by atoms with Gasteiger partial charge in [-0.05, 0) is 44.4 Å². The van der Waals surface area contributed by atoms with Crippen LogP contribution < -0.4 is 11.3 Å². The van der Waals surface area contributed by atoms with E-state index < -0.39 is 0 Å². The number of nitrogen functional groups attached to an aromatic ring is 1. The number of carbonyl (C=O) groups excluding carboxylic acids is 1. The summed E-state index contributed by atoms with van der Waals surface area (Å²) in [7, 11) is 2.07. The van der Waals surface area contributed by atoms with Gasteiger partial charge in [-0.1, -0.05) is 0 Å². The Morgan fingerprint density at radius 3 is 3.00 bits per heavy atom. The van der Waals surface area contributed by atoms with Crippen LogP contribution in [-0.2, 0) is 11.3 Å². The molecule has 3 N–H and O–H groups in total. The van der Waals surface area contributed by atoms with Crippen molar-refractivity contribution in [2.45, 2.75) is 26.3 Å². The number of nitrogens with zero attached hydrogens (tertiary/aromatic N) is 1. The Morgan fingerprint density at radius 1 is 1.60 bits per heavy atom. The Hall–Kier alpha value is -0.950. The molecule has 0 aliphatic heterocycles. The molecule has 1 aromatic heterocycles. The molecule has 6 heteroatoms. The highest BCUT2D eigenvalue weighted by Crippen LogP contribution is 2.28. The summed E-state index contributed by atoms with van der Waals surface area (Å²) >= 11 is 1.48. The van der Waals surface area contributed by atoms with E-state index in [-0.39, 0.29) is 5.91 Å². The molecular weight excluding hydrogens is 274 g/mol. The number of likely N-dealkylation sites (N-methyl/N-ethyl adjacent to an activating group) is 1. The summed E-state index contributed by atoms with van der Waals surface area (Å²) in [6.45, 7) is 5.44. The minimum Gasteiger partial charge on any atom is -0.380 e. The number of carbonyl (C=O) groups is 1. The van der Waals surface area contributed by atoms with Crippen LogP contribution in [0.2, 0.25) is 0 Å². The maximum atomic E-state index is 11.5. The zero-order valence-electron chi connectivity index (χ0n) is 12.1. The zero-order valence-corrected chi connectivity index (χ0v) is 13.0. The molecule has 1 aliphatic carbocycles. The Morgan fingerprint density at radius 2 is 2.35 bits per heavy atom. The molecule has 1 saturated carbocycles. The van der Waals surface area contributed by atoms with Gasteiger partial charge in [0.2, 0.25) is 0 Å². The predicted octanol–water partition coefficient (Wildman–Crippen LogP) is 1.52. The molecule has 0 unspecified atom stereocenters. The Balaban J connectivity index is 1.75. The number of rotatable bonds is 8. The Labute approximate surface area is 124 Å². The third-order valence-corrected chi connectivity index (χ3v) is 4.58. The van der Waals surface area contributed by atoms with Gasteiger partial charge in [0.05, 0.1) is 11.5 Å². The fraction of sp³-hybridized carbons (Fsp3) is 0.643. The smallest absolute Gasteiger partial charge is 0.275 e. The monoisotopic (exact) mass is 297 g/mol. The largest absolute Gasteiger partial charge is 0.380 e. The SMILES string of the molecule is Cc1sc(C(=O)NN)cc1CN(C)CCOCC1CC1. The Bertz CT molecular complexity index is 457. The van der Waals surface area contributed by atoms with Crippen LogP contribution in [0.3, 0.4) is 0 Å². The third kappa shape index (κ3) is 4.56. The fourth-order valence-electron chi connectivity index (χ4n) is 1.98. The Kier molecular flexibility index (Phi) is 5.54. The van der Waals surface area contributed by atoms with Gasteiger partial charge in [0.15, 0.2) is 0 Å². The van der Waals surface area contributed by atoms with Crippen LogP contribution in [0.25, 0.3) is 0 Å². The second-order valence-corrected chi connectivity index (χ2v) is 6.68. The summed E-state index contributed by atoms with van der Waals surface area (Å²) in [4.78, 5) is 15.5. The fourth-order valence-corrected chi connectivity index (χ4v) is 2.92. The zero-order chi connectivity index (χ0) is 14.5. The first kappa shape index (κ1) is 15.4. The third-order valence-electron chi connectivity index (χ3n) is 3.48. The van der Waals surface area contributed by atoms with Crippen molar-refractivity contribution in [2.24, 2.45) is 11.8 Å². The van der Waals surface area contributed by atoms with E-state index in [4.69, 9.17) is 10.6 Å². The van der Waals surface area contributed by atoms with Crippen LogP contribution in [0, 0.1) is 12.8 Å². The normalized spacial score (nSPS) is 14.8. The van der Waals surface area contributed by atoms with Gasteiger partial charge in [-0.25, -0.2) is 5.84 Å². The molecule has 1 aliphatic rings. The van der Waals surface area contributed by atoms with E-state index in [2.05, 4.69) is 17.4 Å². The summed E-state index contributed by atoms with van der Waals surface area (Å²) in [5.74, 6) is 5.75. The molecule has 5 nitrogen and oxygen atoms in total. The summed E-state index contributed by atoms with van der Waals surface area (Å²) in [5.41, 5.74) is 3.35. The van der Waals surface area contributed by atoms with E-state index in [0.29, 0.717) is 4.88 Å². The summed E-state index contributed by atoms with van der Waals surface area (Å²) < 4.78 is 5.64. The molecular formula is C14H23N3O2S. The number of hydrazine groups is 1. The van der Waals surface area contributed by atoms with Crippen molar-refractivity contribution in [3.63, 3.8) is 0 Å². The van der Waals surface area contributed by atoms with Crippen molar-refractivity contribution in [2.75, 3.05) is 26.8 Å². The van der Waals surface area contributed by atoms with Gasteiger partial charge in [0.1, 0.15) is 0 Å². The second-order valence-electron chi connectivity index (χ2n) is 5.42. The molecule has 0 saturated heterocycles. The first-order valence-corrected chi connectivity index (χ1v) is 7.78. The van der Waals surface area contributed by atoms with Crippen LogP contribution in [0.5, 0.6) is 0 Å². The van der Waals surface area contributed by atoms with E-state index in [1.165, 1.54) is 29.7 Å². The molecule has 112 valence electrons. The summed E-state index contributed by atoms with van der Waals surface area (Å²) in [6, 6.07) is 1.92. The molecule has 0 spiro atoms. The highest BCUT2D eigenvalue weighted by molar-refractivity contribution is 7.14. The van der Waals surface area contributed by atoms with Gasteiger partial charge in [-0.15, -0.1) is 11.3 Å². The second kappa shape index (κ2) is 7.17. The minimum absolute atomic E-state index is 0.222. The molecule has 0 bridgehead atoms. The van der Waals surface area contributed by atoms with Crippen molar-refractivity contribution in [3.05, 3.63) is 21.4 Å². The number of thiophene rings is 1. The lowest BCUT2D eigenvalue weighted by atomic mass is 10.2. The first-order chi connectivity index (χ1) is 9.60. The molecule has 0 atom stereocenters. The standard InChI is InChI=1S/C14H23N3O2S/c1-10-12(7-13(20-10)14(18)16-15)8-17(2)5-6-19-9-11-3-4-11/h7,11H,3-6,8-9,15H2,1-2H3,(H,16,18). The average Bonchev–Trinajstić information content (AvgIpc) is 3.18. The van der Waals surface area contributed by atoms with Crippen molar-refractivity contribution >= 4 is 17.2 Å². The molecule has 1 amide bonds. The lowest BCUT2D eigenvalue weighted by Crippen LogP contribution is -2.29. The first-order valence-electron chi connectivity index (χ1n) is 6.96. The topological polar surface area (TPSA) is 67.6 Å². The van der Waals surface area contributed by atoms with E-state index in [1.54, 1.807) is 0 Å². The summed E-state index contributed by atoms with van der Waals surface area (Å²) in [6.07, 6.45) is 2.66. The molecule has 20 heavy (non-hydrogen) atoms. The lowest BCUT2D eigenvalue weighted by molar-refractivity contribution is 0.0957. The highest BCUT2D eigenvalue weighted by Gasteiger charge is 2.21. The number of hydrogen-bond donors (Lipinski definition) is 2. The van der Waals surface area contributed by atoms with Crippen molar-refractivity contribution in [3.8, 4) is 0 Å². The average molecular weight is 297 g/mol. The van der Waals surface area contributed by atoms with E-state index in [0.717, 1.165) is 37.1 Å². The van der Waals surface area contributed by atoms with Crippen LogP contribution in [-0.4, -0.2) is 37.6 Å². The van der Waals surface area contributed by atoms with Crippen molar-refractivity contribution in [1.29, 1.82) is 0 Å². The van der Waals surface area contributed by atoms with Crippen molar-refractivity contribution in [1.82, 2.24) is 10.3 Å². The van der Waals surface area contributed by atoms with Crippen LogP contribution >= 0.6 is 11.3 Å². The summed E-state index contributed by atoms with van der Waals surface area (Å²) in [5, 5.41) is 0. The van der Waals surface area contributed by atoms with E-state index >= 15 is 0 Å². The van der Waals surface area contributed by atoms with Crippen LogP contribution in [0.15, 0.2) is 6.07 Å².